The quantitative estimate of drug-likeness (QED) is 0.763. The average molecular weight is 223 g/mol. The number of rotatable bonds is 1. The Labute approximate surface area is 95.1 Å². The second-order valence-corrected chi connectivity index (χ2v) is 4.29. The lowest BCUT2D eigenvalue weighted by Gasteiger charge is -2.08. The van der Waals surface area contributed by atoms with Crippen molar-refractivity contribution in [3.8, 4) is 0 Å². The van der Waals surface area contributed by atoms with Gasteiger partial charge in [-0.25, -0.2) is 0 Å². The molecule has 0 aliphatic rings. The summed E-state index contributed by atoms with van der Waals surface area (Å²) < 4.78 is 0. The van der Waals surface area contributed by atoms with Gasteiger partial charge < -0.3 is 10.8 Å². The highest BCUT2D eigenvalue weighted by molar-refractivity contribution is 5.92. The second kappa shape index (κ2) is 5.90. The Morgan fingerprint density at radius 3 is 1.69 bits per heavy atom. The van der Waals surface area contributed by atoms with E-state index in [9.17, 15) is 9.59 Å². The summed E-state index contributed by atoms with van der Waals surface area (Å²) in [5.41, 5.74) is 4.94. The summed E-state index contributed by atoms with van der Waals surface area (Å²) in [6.45, 7) is 4.99. The van der Waals surface area contributed by atoms with E-state index in [0.29, 0.717) is 5.56 Å². The molecule has 3 N–H and O–H groups in total. The minimum absolute atomic E-state index is 0.379. The van der Waals surface area contributed by atoms with Gasteiger partial charge in [-0.05, 0) is 32.9 Å². The Hall–Kier alpha value is -1.84. The highest BCUT2D eigenvalue weighted by Crippen LogP contribution is 2.11. The van der Waals surface area contributed by atoms with Gasteiger partial charge in [0.15, 0.2) is 0 Å². The molecule has 0 aromatic heterocycles. The predicted molar refractivity (Wildman–Crippen MR) is 62.1 cm³/mol. The first-order chi connectivity index (χ1) is 7.25. The fraction of sp³-hybridized carbons (Fsp3) is 0.333. The van der Waals surface area contributed by atoms with Gasteiger partial charge in [0.25, 0.3) is 0 Å². The molecule has 88 valence electrons. The SMILES string of the molecule is CC(C)(C)C(=O)O.NC(=O)c1ccccc1. The van der Waals surface area contributed by atoms with E-state index in [4.69, 9.17) is 10.8 Å². The number of carbonyl (C=O) groups excluding carboxylic acids is 1. The third kappa shape index (κ3) is 5.80. The van der Waals surface area contributed by atoms with Crippen molar-refractivity contribution in [2.45, 2.75) is 20.8 Å². The highest BCUT2D eigenvalue weighted by atomic mass is 16.4. The van der Waals surface area contributed by atoms with E-state index < -0.39 is 11.4 Å². The standard InChI is InChI=1S/C7H7NO.C5H10O2/c8-7(9)6-4-2-1-3-5-6;1-5(2,3)4(6)7/h1-5H,(H2,8,9);1-3H3,(H,6,7). The number of nitrogens with two attached hydrogens (primary N) is 1. The van der Waals surface area contributed by atoms with Crippen molar-refractivity contribution in [1.82, 2.24) is 0 Å². The average Bonchev–Trinajstić information content (AvgIpc) is 2.18. The molecule has 1 aromatic carbocycles. The molecular formula is C12H17NO3. The summed E-state index contributed by atoms with van der Waals surface area (Å²) in [5.74, 6) is -1.14. The Morgan fingerprint density at radius 2 is 1.50 bits per heavy atom. The molecule has 0 heterocycles. The van der Waals surface area contributed by atoms with Gasteiger partial charge in [0.1, 0.15) is 0 Å². The lowest BCUT2D eigenvalue weighted by atomic mass is 9.98. The van der Waals surface area contributed by atoms with Crippen LogP contribution in [-0.2, 0) is 4.79 Å². The number of carboxylic acid groups (broad SMARTS) is 1. The molecule has 0 saturated carbocycles. The number of carbonyl (C=O) groups is 2. The van der Waals surface area contributed by atoms with E-state index in [1.54, 1.807) is 45.0 Å². The van der Waals surface area contributed by atoms with Crippen LogP contribution in [-0.4, -0.2) is 17.0 Å². The van der Waals surface area contributed by atoms with Crippen LogP contribution in [0.3, 0.4) is 0 Å². The van der Waals surface area contributed by atoms with Gasteiger partial charge >= 0.3 is 5.97 Å². The summed E-state index contributed by atoms with van der Waals surface area (Å²) in [7, 11) is 0. The molecular weight excluding hydrogens is 206 g/mol. The number of hydrogen-bond acceptors (Lipinski definition) is 2. The van der Waals surface area contributed by atoms with Crippen molar-refractivity contribution in [2.75, 3.05) is 0 Å². The van der Waals surface area contributed by atoms with Crippen molar-refractivity contribution >= 4 is 11.9 Å². The molecule has 16 heavy (non-hydrogen) atoms. The molecule has 0 radical (unpaired) electrons. The zero-order valence-electron chi connectivity index (χ0n) is 9.73. The van der Waals surface area contributed by atoms with Crippen molar-refractivity contribution < 1.29 is 14.7 Å². The number of carboxylic acids is 1. The molecule has 0 saturated heterocycles. The molecule has 0 unspecified atom stereocenters. The Morgan fingerprint density at radius 1 is 1.12 bits per heavy atom. The minimum atomic E-state index is -0.757. The molecule has 0 aliphatic carbocycles. The minimum Gasteiger partial charge on any atom is -0.481 e. The van der Waals surface area contributed by atoms with Gasteiger partial charge in [-0.2, -0.15) is 0 Å². The van der Waals surface area contributed by atoms with Crippen molar-refractivity contribution in [1.29, 1.82) is 0 Å². The van der Waals surface area contributed by atoms with Crippen molar-refractivity contribution in [3.05, 3.63) is 35.9 Å². The number of primary amides is 1. The van der Waals surface area contributed by atoms with E-state index in [-0.39, 0.29) is 5.91 Å². The van der Waals surface area contributed by atoms with Crippen LogP contribution in [0, 0.1) is 5.41 Å². The first-order valence-corrected chi connectivity index (χ1v) is 4.83. The first-order valence-electron chi connectivity index (χ1n) is 4.83. The van der Waals surface area contributed by atoms with Gasteiger partial charge in [0.05, 0.1) is 5.41 Å². The number of aliphatic carboxylic acids is 1. The van der Waals surface area contributed by atoms with Crippen LogP contribution in [0.2, 0.25) is 0 Å². The third-order valence-electron chi connectivity index (χ3n) is 1.70. The van der Waals surface area contributed by atoms with Gasteiger partial charge in [-0.3, -0.25) is 9.59 Å². The fourth-order valence-corrected chi connectivity index (χ4v) is 0.602. The molecule has 0 fully saturated rings. The van der Waals surface area contributed by atoms with Crippen LogP contribution >= 0.6 is 0 Å². The molecule has 0 aliphatic heterocycles. The second-order valence-electron chi connectivity index (χ2n) is 4.29. The molecule has 1 amide bonds. The number of amides is 1. The molecule has 1 rings (SSSR count). The van der Waals surface area contributed by atoms with Gasteiger partial charge in [-0.1, -0.05) is 18.2 Å². The smallest absolute Gasteiger partial charge is 0.308 e. The maximum Gasteiger partial charge on any atom is 0.308 e. The molecule has 0 bridgehead atoms. The van der Waals surface area contributed by atoms with Crippen LogP contribution in [0.25, 0.3) is 0 Å². The molecule has 0 spiro atoms. The van der Waals surface area contributed by atoms with Crippen LogP contribution in [0.15, 0.2) is 30.3 Å². The lowest BCUT2D eigenvalue weighted by molar-refractivity contribution is -0.145. The third-order valence-corrected chi connectivity index (χ3v) is 1.70. The topological polar surface area (TPSA) is 80.4 Å². The molecule has 4 heteroatoms. The van der Waals surface area contributed by atoms with Crippen molar-refractivity contribution in [2.24, 2.45) is 11.1 Å². The zero-order valence-corrected chi connectivity index (χ0v) is 9.73. The lowest BCUT2D eigenvalue weighted by Crippen LogP contribution is -2.18. The van der Waals surface area contributed by atoms with Crippen LogP contribution in [0.5, 0.6) is 0 Å². The summed E-state index contributed by atoms with van der Waals surface area (Å²) in [6.07, 6.45) is 0. The van der Waals surface area contributed by atoms with Gasteiger partial charge in [0, 0.05) is 5.56 Å². The maximum atomic E-state index is 10.4. The molecule has 1 aromatic rings. The first kappa shape index (κ1) is 14.2. The predicted octanol–water partition coefficient (Wildman–Crippen LogP) is 1.90. The summed E-state index contributed by atoms with van der Waals surface area (Å²) in [5, 5.41) is 8.25. The fourth-order valence-electron chi connectivity index (χ4n) is 0.602. The van der Waals surface area contributed by atoms with E-state index in [1.165, 1.54) is 0 Å². The number of hydrogen-bond donors (Lipinski definition) is 2. The van der Waals surface area contributed by atoms with Crippen LogP contribution in [0.1, 0.15) is 31.1 Å². The van der Waals surface area contributed by atoms with Crippen LogP contribution < -0.4 is 5.73 Å². The zero-order chi connectivity index (χ0) is 12.8. The van der Waals surface area contributed by atoms with E-state index >= 15 is 0 Å². The van der Waals surface area contributed by atoms with E-state index in [0.717, 1.165) is 0 Å². The van der Waals surface area contributed by atoms with Gasteiger partial charge in [-0.15, -0.1) is 0 Å². The van der Waals surface area contributed by atoms with Crippen molar-refractivity contribution in [3.63, 3.8) is 0 Å². The number of benzene rings is 1. The summed E-state index contributed by atoms with van der Waals surface area (Å²) >= 11 is 0. The monoisotopic (exact) mass is 223 g/mol. The summed E-state index contributed by atoms with van der Waals surface area (Å²) in [6, 6.07) is 8.76. The maximum absolute atomic E-state index is 10.4. The van der Waals surface area contributed by atoms with E-state index in [2.05, 4.69) is 0 Å². The van der Waals surface area contributed by atoms with Gasteiger partial charge in [0.2, 0.25) is 5.91 Å². The Balaban J connectivity index is 0.000000293. The highest BCUT2D eigenvalue weighted by Gasteiger charge is 2.18. The molecule has 0 atom stereocenters. The summed E-state index contributed by atoms with van der Waals surface area (Å²) in [4.78, 5) is 20.4. The largest absolute Gasteiger partial charge is 0.481 e. The normalized spacial score (nSPS) is 9.94. The molecule has 4 nitrogen and oxygen atoms in total. The Kier molecular flexibility index (Phi) is 5.22. The van der Waals surface area contributed by atoms with E-state index in [1.807, 2.05) is 6.07 Å². The Bertz CT molecular complexity index is 352. The van der Waals surface area contributed by atoms with Crippen LogP contribution in [0.4, 0.5) is 0 Å².